The van der Waals surface area contributed by atoms with E-state index in [-0.39, 0.29) is 16.9 Å². The number of benzene rings is 2. The molecule has 0 saturated carbocycles. The van der Waals surface area contributed by atoms with Crippen LogP contribution in [0.15, 0.2) is 45.7 Å². The number of carbonyl (C=O) groups is 1. The summed E-state index contributed by atoms with van der Waals surface area (Å²) in [7, 11) is 3.11. The van der Waals surface area contributed by atoms with E-state index in [1.807, 2.05) is 52.8 Å². The minimum absolute atomic E-state index is 0.0127. The second-order valence-electron chi connectivity index (χ2n) is 9.38. The zero-order valence-electron chi connectivity index (χ0n) is 20.8. The molecule has 3 aromatic rings. The van der Waals surface area contributed by atoms with Gasteiger partial charge in [0.2, 0.25) is 5.91 Å². The Kier molecular flexibility index (Phi) is 7.70. The smallest absolute Gasteiger partial charge is 0.266 e. The number of carbonyl (C=O) groups excluding carboxylic acids is 1. The molecule has 0 aliphatic heterocycles. The summed E-state index contributed by atoms with van der Waals surface area (Å²) in [5.74, 6) is 1.52. The van der Waals surface area contributed by atoms with Crippen molar-refractivity contribution >= 4 is 32.7 Å². The zero-order chi connectivity index (χ0) is 25.2. The molecule has 2 aromatic carbocycles. The van der Waals surface area contributed by atoms with Crippen LogP contribution in [0.1, 0.15) is 52.9 Å². The van der Waals surface area contributed by atoms with Gasteiger partial charge in [-0.1, -0.05) is 32.9 Å². The van der Waals surface area contributed by atoms with Gasteiger partial charge in [-0.25, -0.2) is 4.98 Å². The molecule has 0 N–H and O–H groups in total. The molecule has 0 bridgehead atoms. The average Bonchev–Trinajstić information content (AvgIpc) is 2.78. The van der Waals surface area contributed by atoms with Gasteiger partial charge in [0.15, 0.2) is 0 Å². The largest absolute Gasteiger partial charge is 0.497 e. The number of methoxy groups -OCH3 is 2. The van der Waals surface area contributed by atoms with Gasteiger partial charge in [0, 0.05) is 25.1 Å². The average molecular weight is 530 g/mol. The molecule has 1 heterocycles. The molecule has 0 spiro atoms. The normalized spacial score (nSPS) is 12.5. The minimum Gasteiger partial charge on any atom is -0.497 e. The number of amides is 1. The quantitative estimate of drug-likeness (QED) is 0.403. The van der Waals surface area contributed by atoms with Crippen LogP contribution >= 0.6 is 15.9 Å². The monoisotopic (exact) mass is 529 g/mol. The van der Waals surface area contributed by atoms with Gasteiger partial charge in [0.05, 0.1) is 41.3 Å². The highest BCUT2D eigenvalue weighted by atomic mass is 79.9. The van der Waals surface area contributed by atoms with Crippen LogP contribution in [0.2, 0.25) is 0 Å². The topological polar surface area (TPSA) is 73.7 Å². The van der Waals surface area contributed by atoms with E-state index in [9.17, 15) is 9.59 Å². The van der Waals surface area contributed by atoms with Crippen molar-refractivity contribution in [1.82, 2.24) is 14.5 Å². The van der Waals surface area contributed by atoms with Gasteiger partial charge >= 0.3 is 0 Å². The lowest BCUT2D eigenvalue weighted by molar-refractivity contribution is -0.135. The van der Waals surface area contributed by atoms with Crippen LogP contribution in [0.25, 0.3) is 16.6 Å². The van der Waals surface area contributed by atoms with Crippen molar-refractivity contribution < 1.29 is 14.3 Å². The van der Waals surface area contributed by atoms with Gasteiger partial charge in [-0.3, -0.25) is 14.2 Å². The summed E-state index contributed by atoms with van der Waals surface area (Å²) in [5.41, 5.74) is 0.712. The molecular weight excluding hydrogens is 498 g/mol. The van der Waals surface area contributed by atoms with E-state index in [2.05, 4.69) is 15.9 Å². The standard InChI is InChI=1S/C26H32BrN3O4/c1-8-29(22(31)15-26(3,4)5)16(2)24-28-19-12-10-9-11-18(19)25(32)30(24)20-13-17(33-6)14-21(34-7)23(20)27/h9-14,16H,8,15H2,1-7H3. The van der Waals surface area contributed by atoms with Crippen LogP contribution in [0.4, 0.5) is 0 Å². The third-order valence-electron chi connectivity index (χ3n) is 5.68. The molecule has 182 valence electrons. The van der Waals surface area contributed by atoms with Crippen molar-refractivity contribution in [3.63, 3.8) is 0 Å². The van der Waals surface area contributed by atoms with Gasteiger partial charge in [-0.2, -0.15) is 0 Å². The lowest BCUT2D eigenvalue weighted by atomic mass is 9.91. The van der Waals surface area contributed by atoms with E-state index < -0.39 is 6.04 Å². The number of ether oxygens (including phenoxy) is 2. The highest BCUT2D eigenvalue weighted by Crippen LogP contribution is 2.37. The predicted molar refractivity (Wildman–Crippen MR) is 138 cm³/mol. The first kappa shape index (κ1) is 25.7. The van der Waals surface area contributed by atoms with Crippen molar-refractivity contribution in [2.75, 3.05) is 20.8 Å². The molecule has 0 fully saturated rings. The van der Waals surface area contributed by atoms with Crippen LogP contribution in [0.5, 0.6) is 11.5 Å². The van der Waals surface area contributed by atoms with Crippen LogP contribution in [-0.4, -0.2) is 41.1 Å². The fourth-order valence-electron chi connectivity index (χ4n) is 4.01. The van der Waals surface area contributed by atoms with Crippen LogP contribution in [0, 0.1) is 5.41 Å². The van der Waals surface area contributed by atoms with Crippen LogP contribution < -0.4 is 15.0 Å². The Hall–Kier alpha value is -2.87. The Labute approximate surface area is 208 Å². The van der Waals surface area contributed by atoms with Gasteiger partial charge in [0.1, 0.15) is 17.3 Å². The Balaban J connectivity index is 2.33. The van der Waals surface area contributed by atoms with E-state index >= 15 is 0 Å². The molecule has 0 radical (unpaired) electrons. The summed E-state index contributed by atoms with van der Waals surface area (Å²) in [5, 5.41) is 0.483. The van der Waals surface area contributed by atoms with E-state index in [0.717, 1.165) is 0 Å². The van der Waals surface area contributed by atoms with E-state index in [1.165, 1.54) is 0 Å². The number of halogens is 1. The fraction of sp³-hybridized carbons (Fsp3) is 0.423. The first-order chi connectivity index (χ1) is 16.0. The summed E-state index contributed by atoms with van der Waals surface area (Å²) in [6, 6.07) is 10.3. The lowest BCUT2D eigenvalue weighted by Crippen LogP contribution is -2.38. The van der Waals surface area contributed by atoms with E-state index in [1.54, 1.807) is 41.9 Å². The molecule has 3 rings (SSSR count). The number of hydrogen-bond acceptors (Lipinski definition) is 5. The summed E-state index contributed by atoms with van der Waals surface area (Å²) in [6.45, 7) is 10.4. The molecule has 0 aliphatic carbocycles. The summed E-state index contributed by atoms with van der Waals surface area (Å²) in [4.78, 5) is 33.7. The van der Waals surface area contributed by atoms with Crippen molar-refractivity contribution in [2.45, 2.75) is 47.1 Å². The Morgan fingerprint density at radius 1 is 1.18 bits per heavy atom. The number of hydrogen-bond donors (Lipinski definition) is 0. The number of para-hydroxylation sites is 1. The number of nitrogens with zero attached hydrogens (tertiary/aromatic N) is 3. The third-order valence-corrected chi connectivity index (χ3v) is 6.47. The Morgan fingerprint density at radius 2 is 1.85 bits per heavy atom. The van der Waals surface area contributed by atoms with Gasteiger partial charge in [0.25, 0.3) is 5.56 Å². The fourth-order valence-corrected chi connectivity index (χ4v) is 4.58. The molecular formula is C26H32BrN3O4. The summed E-state index contributed by atoms with van der Waals surface area (Å²) < 4.78 is 13.1. The molecule has 34 heavy (non-hydrogen) atoms. The summed E-state index contributed by atoms with van der Waals surface area (Å²) >= 11 is 3.60. The molecule has 1 aromatic heterocycles. The maximum absolute atomic E-state index is 13.8. The van der Waals surface area contributed by atoms with Crippen molar-refractivity contribution in [3.8, 4) is 17.2 Å². The van der Waals surface area contributed by atoms with Crippen LogP contribution in [-0.2, 0) is 4.79 Å². The first-order valence-corrected chi connectivity index (χ1v) is 12.0. The first-order valence-electron chi connectivity index (χ1n) is 11.3. The lowest BCUT2D eigenvalue weighted by Gasteiger charge is -2.32. The third kappa shape index (κ3) is 5.12. The minimum atomic E-state index is -0.457. The zero-order valence-corrected chi connectivity index (χ0v) is 22.4. The highest BCUT2D eigenvalue weighted by Gasteiger charge is 2.29. The van der Waals surface area contributed by atoms with Gasteiger partial charge in [-0.15, -0.1) is 0 Å². The number of fused-ring (bicyclic) bond motifs is 1. The van der Waals surface area contributed by atoms with Gasteiger partial charge < -0.3 is 14.4 Å². The molecule has 7 nitrogen and oxygen atoms in total. The maximum Gasteiger partial charge on any atom is 0.266 e. The van der Waals surface area contributed by atoms with Crippen LogP contribution in [0.3, 0.4) is 0 Å². The molecule has 8 heteroatoms. The second kappa shape index (κ2) is 10.2. The number of rotatable bonds is 7. The van der Waals surface area contributed by atoms with Gasteiger partial charge in [-0.05, 0) is 47.3 Å². The molecule has 1 atom stereocenters. The van der Waals surface area contributed by atoms with Crippen molar-refractivity contribution in [1.29, 1.82) is 0 Å². The van der Waals surface area contributed by atoms with E-state index in [4.69, 9.17) is 14.5 Å². The van der Waals surface area contributed by atoms with E-state index in [0.29, 0.717) is 51.4 Å². The molecule has 0 saturated heterocycles. The van der Waals surface area contributed by atoms with Crippen molar-refractivity contribution in [3.05, 3.63) is 57.0 Å². The SMILES string of the molecule is CCN(C(=O)CC(C)(C)C)C(C)c1nc2ccccc2c(=O)n1-c1cc(OC)cc(OC)c1Br. The van der Waals surface area contributed by atoms with Crippen molar-refractivity contribution in [2.24, 2.45) is 5.41 Å². The second-order valence-corrected chi connectivity index (χ2v) is 10.2. The highest BCUT2D eigenvalue weighted by molar-refractivity contribution is 9.10. The Morgan fingerprint density at radius 3 is 2.44 bits per heavy atom. The maximum atomic E-state index is 13.8. The predicted octanol–water partition coefficient (Wildman–Crippen LogP) is 5.51. The Bertz CT molecular complexity index is 1260. The number of aromatic nitrogens is 2. The molecule has 0 aliphatic rings. The molecule has 1 unspecified atom stereocenters. The molecule has 1 amide bonds. The summed E-state index contributed by atoms with van der Waals surface area (Å²) in [6.07, 6.45) is 0.389.